The first kappa shape index (κ1) is 15.0. The molecule has 0 saturated carbocycles. The Labute approximate surface area is 125 Å². The number of nitrogens with zero attached hydrogens (tertiary/aromatic N) is 2. The molecule has 106 valence electrons. The third-order valence-electron chi connectivity index (χ3n) is 3.98. The molecule has 0 spiro atoms. The fraction of sp³-hybridized carbons (Fsp3) is 0.643. The summed E-state index contributed by atoms with van der Waals surface area (Å²) in [4.78, 5) is 6.68. The van der Waals surface area contributed by atoms with Crippen LogP contribution in [0.5, 0.6) is 0 Å². The van der Waals surface area contributed by atoms with E-state index in [1.807, 2.05) is 13.0 Å². The van der Waals surface area contributed by atoms with Crippen molar-refractivity contribution in [1.82, 2.24) is 9.88 Å². The lowest BCUT2D eigenvalue weighted by Gasteiger charge is -2.39. The Morgan fingerprint density at radius 1 is 1.47 bits per heavy atom. The molecule has 0 aliphatic carbocycles. The highest BCUT2D eigenvalue weighted by atomic mass is 35.5. The van der Waals surface area contributed by atoms with Crippen LogP contribution in [0.1, 0.15) is 31.0 Å². The van der Waals surface area contributed by atoms with Crippen molar-refractivity contribution in [2.75, 3.05) is 13.1 Å². The van der Waals surface area contributed by atoms with Gasteiger partial charge in [0, 0.05) is 35.4 Å². The lowest BCUT2D eigenvalue weighted by molar-refractivity contribution is 0.0990. The Balaban J connectivity index is 2.20. The second kappa shape index (κ2) is 6.40. The van der Waals surface area contributed by atoms with Crippen molar-refractivity contribution in [3.63, 3.8) is 0 Å². The smallest absolute Gasteiger partial charge is 0.135 e. The van der Waals surface area contributed by atoms with Gasteiger partial charge in [-0.05, 0) is 38.3 Å². The second-order valence-corrected chi connectivity index (χ2v) is 6.17. The molecule has 2 atom stereocenters. The number of nitrogens with two attached hydrogens (primary N) is 1. The van der Waals surface area contributed by atoms with Crippen molar-refractivity contribution in [3.05, 3.63) is 27.5 Å². The third-order valence-corrected chi connectivity index (χ3v) is 4.63. The molecule has 0 aromatic carbocycles. The van der Waals surface area contributed by atoms with Crippen LogP contribution in [-0.4, -0.2) is 29.0 Å². The molecule has 1 saturated heterocycles. The molecule has 3 nitrogen and oxygen atoms in total. The third kappa shape index (κ3) is 3.40. The minimum atomic E-state index is 0.405. The van der Waals surface area contributed by atoms with Gasteiger partial charge in [0.15, 0.2) is 0 Å². The maximum atomic E-state index is 6.30. The summed E-state index contributed by atoms with van der Waals surface area (Å²) >= 11 is 12.5. The van der Waals surface area contributed by atoms with Crippen LogP contribution in [0.2, 0.25) is 10.2 Å². The predicted octanol–water partition coefficient (Wildman–Crippen LogP) is 3.26. The van der Waals surface area contributed by atoms with Crippen LogP contribution in [0, 0.1) is 12.8 Å². The van der Waals surface area contributed by atoms with Crippen LogP contribution < -0.4 is 5.73 Å². The number of likely N-dealkylation sites (tertiary alicyclic amines) is 1. The monoisotopic (exact) mass is 301 g/mol. The number of aryl methyl sites for hydroxylation is 1. The molecule has 0 radical (unpaired) electrons. The van der Waals surface area contributed by atoms with Crippen molar-refractivity contribution < 1.29 is 0 Å². The van der Waals surface area contributed by atoms with Crippen molar-refractivity contribution in [1.29, 1.82) is 0 Å². The second-order valence-electron chi connectivity index (χ2n) is 5.41. The Morgan fingerprint density at radius 2 is 2.21 bits per heavy atom. The molecule has 1 fully saturated rings. The summed E-state index contributed by atoms with van der Waals surface area (Å²) in [6, 6.07) is 2.27. The molecule has 2 unspecified atom stereocenters. The van der Waals surface area contributed by atoms with Gasteiger partial charge in [0.05, 0.1) is 0 Å². The van der Waals surface area contributed by atoms with E-state index in [4.69, 9.17) is 28.9 Å². The Hall–Kier alpha value is -0.350. The van der Waals surface area contributed by atoms with Gasteiger partial charge in [-0.3, -0.25) is 4.90 Å². The molecule has 2 N–H and O–H groups in total. The largest absolute Gasteiger partial charge is 0.329 e. The lowest BCUT2D eigenvalue weighted by atomic mass is 9.90. The number of hydrogen-bond acceptors (Lipinski definition) is 3. The van der Waals surface area contributed by atoms with Crippen LogP contribution in [0.15, 0.2) is 6.07 Å². The summed E-state index contributed by atoms with van der Waals surface area (Å²) in [5.41, 5.74) is 7.68. The summed E-state index contributed by atoms with van der Waals surface area (Å²) < 4.78 is 0. The summed E-state index contributed by atoms with van der Waals surface area (Å²) in [7, 11) is 0. The van der Waals surface area contributed by atoms with Gasteiger partial charge in [-0.1, -0.05) is 30.1 Å². The molecule has 5 heteroatoms. The van der Waals surface area contributed by atoms with Crippen LogP contribution in [-0.2, 0) is 6.54 Å². The summed E-state index contributed by atoms with van der Waals surface area (Å²) in [5.74, 6) is 0.620. The molecule has 0 amide bonds. The normalized spacial score (nSPS) is 24.7. The molecular formula is C14H21Cl2N3. The molecule has 1 aliphatic rings. The quantitative estimate of drug-likeness (QED) is 0.872. The number of halogens is 2. The topological polar surface area (TPSA) is 42.1 Å². The number of hydrogen-bond donors (Lipinski definition) is 1. The minimum absolute atomic E-state index is 0.405. The summed E-state index contributed by atoms with van der Waals surface area (Å²) in [5, 5.41) is 1.21. The van der Waals surface area contributed by atoms with Crippen LogP contribution in [0.25, 0.3) is 0 Å². The van der Waals surface area contributed by atoms with Crippen LogP contribution >= 0.6 is 23.2 Å². The van der Waals surface area contributed by atoms with Gasteiger partial charge in [0.2, 0.25) is 0 Å². The first-order valence-electron chi connectivity index (χ1n) is 6.78. The number of rotatable bonds is 3. The highest BCUT2D eigenvalue weighted by molar-refractivity contribution is 6.35. The van der Waals surface area contributed by atoms with Gasteiger partial charge >= 0.3 is 0 Å². The average Bonchev–Trinajstić information content (AvgIpc) is 2.34. The lowest BCUT2D eigenvalue weighted by Crippen LogP contribution is -2.48. The SMILES string of the molecule is Cc1cc(Cl)c(CN2CCCC(C)C2CN)c(Cl)n1. The number of aromatic nitrogens is 1. The van der Waals surface area contributed by atoms with Crippen molar-refractivity contribution in [2.24, 2.45) is 11.7 Å². The van der Waals surface area contributed by atoms with E-state index in [0.29, 0.717) is 28.7 Å². The summed E-state index contributed by atoms with van der Waals surface area (Å²) in [6.07, 6.45) is 2.44. The maximum Gasteiger partial charge on any atom is 0.135 e. The van der Waals surface area contributed by atoms with Gasteiger partial charge in [-0.25, -0.2) is 4.98 Å². The van der Waals surface area contributed by atoms with E-state index < -0.39 is 0 Å². The van der Waals surface area contributed by atoms with Gasteiger partial charge in [0.1, 0.15) is 5.15 Å². The van der Waals surface area contributed by atoms with E-state index in [1.165, 1.54) is 12.8 Å². The minimum Gasteiger partial charge on any atom is -0.329 e. The Bertz CT molecular complexity index is 427. The van der Waals surface area contributed by atoms with Gasteiger partial charge in [-0.15, -0.1) is 0 Å². The standard InChI is InChI=1S/C14H21Cl2N3/c1-9-4-3-5-19(13(9)7-17)8-11-12(15)6-10(2)18-14(11)16/h6,9,13H,3-5,7-8,17H2,1-2H3. The fourth-order valence-corrected chi connectivity index (χ4v) is 3.53. The van der Waals surface area contributed by atoms with E-state index >= 15 is 0 Å². The zero-order valence-electron chi connectivity index (χ0n) is 11.5. The van der Waals surface area contributed by atoms with E-state index in [1.54, 1.807) is 0 Å². The molecule has 2 heterocycles. The zero-order valence-corrected chi connectivity index (χ0v) is 13.0. The van der Waals surface area contributed by atoms with Crippen molar-refractivity contribution >= 4 is 23.2 Å². The Kier molecular flexibility index (Phi) is 5.07. The van der Waals surface area contributed by atoms with E-state index in [9.17, 15) is 0 Å². The molecule has 1 aromatic heterocycles. The molecule has 2 rings (SSSR count). The molecular weight excluding hydrogens is 281 g/mol. The number of piperidine rings is 1. The average molecular weight is 302 g/mol. The zero-order chi connectivity index (χ0) is 14.0. The maximum absolute atomic E-state index is 6.30. The Morgan fingerprint density at radius 3 is 2.84 bits per heavy atom. The molecule has 1 aliphatic heterocycles. The van der Waals surface area contributed by atoms with Crippen molar-refractivity contribution in [3.8, 4) is 0 Å². The van der Waals surface area contributed by atoms with Crippen LogP contribution in [0.3, 0.4) is 0 Å². The van der Waals surface area contributed by atoms with Gasteiger partial charge in [0.25, 0.3) is 0 Å². The van der Waals surface area contributed by atoms with Crippen molar-refractivity contribution in [2.45, 2.75) is 39.3 Å². The first-order chi connectivity index (χ1) is 9.02. The predicted molar refractivity (Wildman–Crippen MR) is 80.6 cm³/mol. The summed E-state index contributed by atoms with van der Waals surface area (Å²) in [6.45, 7) is 6.62. The molecule has 19 heavy (non-hydrogen) atoms. The molecule has 0 bridgehead atoms. The first-order valence-corrected chi connectivity index (χ1v) is 7.54. The number of pyridine rings is 1. The molecule has 1 aromatic rings. The van der Waals surface area contributed by atoms with Gasteiger partial charge in [-0.2, -0.15) is 0 Å². The van der Waals surface area contributed by atoms with E-state index in [0.717, 1.165) is 24.3 Å². The van der Waals surface area contributed by atoms with Gasteiger partial charge < -0.3 is 5.73 Å². The highest BCUT2D eigenvalue weighted by Crippen LogP contribution is 2.29. The van der Waals surface area contributed by atoms with E-state index in [2.05, 4.69) is 16.8 Å². The highest BCUT2D eigenvalue weighted by Gasteiger charge is 2.28. The van der Waals surface area contributed by atoms with Crippen LogP contribution in [0.4, 0.5) is 0 Å². The fourth-order valence-electron chi connectivity index (χ4n) is 2.88. The van der Waals surface area contributed by atoms with E-state index in [-0.39, 0.29) is 0 Å².